The Morgan fingerprint density at radius 2 is 1.90 bits per heavy atom. The standard InChI is InChI=1S/C14H24N4O2/c1-11-10-12(2)18-14(17-11)16-7-4-6-13(19)15-8-5-9-20-3/h10H,4-9H2,1-3H3,(H,15,19)(H,16,17,18). The van der Waals surface area contributed by atoms with Crippen LogP contribution in [0.2, 0.25) is 0 Å². The summed E-state index contributed by atoms with van der Waals surface area (Å²) >= 11 is 0. The van der Waals surface area contributed by atoms with Crippen LogP contribution in [0, 0.1) is 13.8 Å². The highest BCUT2D eigenvalue weighted by Crippen LogP contribution is 2.03. The van der Waals surface area contributed by atoms with Crippen molar-refractivity contribution >= 4 is 11.9 Å². The Morgan fingerprint density at radius 3 is 2.55 bits per heavy atom. The van der Waals surface area contributed by atoms with Gasteiger partial charge in [-0.2, -0.15) is 0 Å². The van der Waals surface area contributed by atoms with Gasteiger partial charge in [-0.3, -0.25) is 4.79 Å². The zero-order valence-corrected chi connectivity index (χ0v) is 12.5. The first-order valence-electron chi connectivity index (χ1n) is 6.93. The van der Waals surface area contributed by atoms with E-state index in [9.17, 15) is 4.79 Å². The van der Waals surface area contributed by atoms with Gasteiger partial charge in [0.15, 0.2) is 0 Å². The molecule has 0 spiro atoms. The van der Waals surface area contributed by atoms with Crippen LogP contribution in [0.15, 0.2) is 6.07 Å². The second-order valence-electron chi connectivity index (χ2n) is 4.70. The molecule has 1 rings (SSSR count). The largest absolute Gasteiger partial charge is 0.385 e. The lowest BCUT2D eigenvalue weighted by Crippen LogP contribution is -2.25. The van der Waals surface area contributed by atoms with Crippen molar-refractivity contribution in [1.82, 2.24) is 15.3 Å². The summed E-state index contributed by atoms with van der Waals surface area (Å²) in [6.07, 6.45) is 2.11. The Morgan fingerprint density at radius 1 is 1.20 bits per heavy atom. The lowest BCUT2D eigenvalue weighted by molar-refractivity contribution is -0.121. The van der Waals surface area contributed by atoms with Gasteiger partial charge >= 0.3 is 0 Å². The smallest absolute Gasteiger partial charge is 0.223 e. The van der Waals surface area contributed by atoms with Crippen LogP contribution in [0.25, 0.3) is 0 Å². The maximum Gasteiger partial charge on any atom is 0.223 e. The quantitative estimate of drug-likeness (QED) is 0.669. The van der Waals surface area contributed by atoms with Crippen molar-refractivity contribution in [1.29, 1.82) is 0 Å². The number of amides is 1. The molecule has 0 bridgehead atoms. The molecule has 0 aliphatic heterocycles. The number of hydrogen-bond donors (Lipinski definition) is 2. The van der Waals surface area contributed by atoms with E-state index in [1.807, 2.05) is 19.9 Å². The summed E-state index contributed by atoms with van der Waals surface area (Å²) in [7, 11) is 1.66. The van der Waals surface area contributed by atoms with Crippen molar-refractivity contribution in [2.75, 3.05) is 32.1 Å². The zero-order valence-electron chi connectivity index (χ0n) is 12.5. The third kappa shape index (κ3) is 7.04. The Kier molecular flexibility index (Phi) is 7.57. The Bertz CT molecular complexity index is 403. The van der Waals surface area contributed by atoms with Crippen molar-refractivity contribution in [3.05, 3.63) is 17.5 Å². The summed E-state index contributed by atoms with van der Waals surface area (Å²) in [5.41, 5.74) is 1.88. The van der Waals surface area contributed by atoms with Crippen LogP contribution < -0.4 is 10.6 Å². The number of rotatable bonds is 9. The van der Waals surface area contributed by atoms with Crippen LogP contribution in [0.3, 0.4) is 0 Å². The minimum Gasteiger partial charge on any atom is -0.385 e. The Hall–Kier alpha value is -1.69. The van der Waals surface area contributed by atoms with Crippen molar-refractivity contribution in [3.8, 4) is 0 Å². The molecule has 0 saturated heterocycles. The molecule has 1 aromatic rings. The highest BCUT2D eigenvalue weighted by molar-refractivity contribution is 5.75. The van der Waals surface area contributed by atoms with Crippen molar-refractivity contribution in [3.63, 3.8) is 0 Å². The molecule has 0 radical (unpaired) electrons. The van der Waals surface area contributed by atoms with Gasteiger partial charge in [0, 0.05) is 44.6 Å². The summed E-state index contributed by atoms with van der Waals surface area (Å²) in [4.78, 5) is 20.1. The van der Waals surface area contributed by atoms with E-state index in [-0.39, 0.29) is 5.91 Å². The first-order valence-corrected chi connectivity index (χ1v) is 6.93. The molecular formula is C14H24N4O2. The van der Waals surface area contributed by atoms with E-state index in [1.165, 1.54) is 0 Å². The van der Waals surface area contributed by atoms with Crippen LogP contribution in [-0.4, -0.2) is 42.7 Å². The molecule has 20 heavy (non-hydrogen) atoms. The van der Waals surface area contributed by atoms with E-state index >= 15 is 0 Å². The van der Waals surface area contributed by atoms with Gasteiger partial charge in [0.25, 0.3) is 0 Å². The molecule has 0 fully saturated rings. The van der Waals surface area contributed by atoms with Gasteiger partial charge in [0.05, 0.1) is 0 Å². The topological polar surface area (TPSA) is 76.1 Å². The van der Waals surface area contributed by atoms with Gasteiger partial charge in [-0.05, 0) is 32.8 Å². The number of carbonyl (C=O) groups excluding carboxylic acids is 1. The van der Waals surface area contributed by atoms with E-state index in [2.05, 4.69) is 20.6 Å². The molecular weight excluding hydrogens is 256 g/mol. The number of methoxy groups -OCH3 is 1. The summed E-state index contributed by atoms with van der Waals surface area (Å²) in [6.45, 7) is 5.90. The second kappa shape index (κ2) is 9.25. The summed E-state index contributed by atoms with van der Waals surface area (Å²) < 4.78 is 4.92. The number of hydrogen-bond acceptors (Lipinski definition) is 5. The molecule has 1 amide bonds. The van der Waals surface area contributed by atoms with E-state index < -0.39 is 0 Å². The highest BCUT2D eigenvalue weighted by atomic mass is 16.5. The molecule has 0 atom stereocenters. The molecule has 0 aromatic carbocycles. The summed E-state index contributed by atoms with van der Waals surface area (Å²) in [6, 6.07) is 1.93. The summed E-state index contributed by atoms with van der Waals surface area (Å²) in [5, 5.41) is 5.99. The molecule has 112 valence electrons. The number of anilines is 1. The molecule has 6 nitrogen and oxygen atoms in total. The predicted octanol–water partition coefficient (Wildman–Crippen LogP) is 1.44. The van der Waals surface area contributed by atoms with Gasteiger partial charge in [-0.1, -0.05) is 0 Å². The number of carbonyl (C=O) groups is 1. The van der Waals surface area contributed by atoms with Crippen molar-refractivity contribution < 1.29 is 9.53 Å². The van der Waals surface area contributed by atoms with Gasteiger partial charge in [0.2, 0.25) is 11.9 Å². The van der Waals surface area contributed by atoms with Gasteiger partial charge in [0.1, 0.15) is 0 Å². The molecule has 0 saturated carbocycles. The first-order chi connectivity index (χ1) is 9.61. The molecule has 0 aliphatic rings. The maximum absolute atomic E-state index is 11.5. The minimum atomic E-state index is 0.0734. The zero-order chi connectivity index (χ0) is 14.8. The van der Waals surface area contributed by atoms with Crippen LogP contribution in [-0.2, 0) is 9.53 Å². The fourth-order valence-corrected chi connectivity index (χ4v) is 1.79. The average Bonchev–Trinajstić information content (AvgIpc) is 2.39. The third-order valence-electron chi connectivity index (χ3n) is 2.69. The van der Waals surface area contributed by atoms with E-state index in [0.717, 1.165) is 24.2 Å². The summed E-state index contributed by atoms with van der Waals surface area (Å²) in [5.74, 6) is 0.701. The SMILES string of the molecule is COCCCNC(=O)CCCNc1nc(C)cc(C)n1. The van der Waals surface area contributed by atoms with Crippen LogP contribution in [0.4, 0.5) is 5.95 Å². The lowest BCUT2D eigenvalue weighted by atomic mass is 10.3. The van der Waals surface area contributed by atoms with Gasteiger partial charge in [-0.25, -0.2) is 9.97 Å². The molecule has 0 unspecified atom stereocenters. The van der Waals surface area contributed by atoms with Gasteiger partial charge in [-0.15, -0.1) is 0 Å². The van der Waals surface area contributed by atoms with Crippen LogP contribution >= 0.6 is 0 Å². The molecule has 6 heteroatoms. The number of nitrogens with one attached hydrogen (secondary N) is 2. The monoisotopic (exact) mass is 280 g/mol. The number of aromatic nitrogens is 2. The van der Waals surface area contributed by atoms with Crippen LogP contribution in [0.1, 0.15) is 30.7 Å². The predicted molar refractivity (Wildman–Crippen MR) is 78.7 cm³/mol. The number of nitrogens with zero attached hydrogens (tertiary/aromatic N) is 2. The highest BCUT2D eigenvalue weighted by Gasteiger charge is 2.02. The second-order valence-corrected chi connectivity index (χ2v) is 4.70. The Labute approximate surface area is 120 Å². The molecule has 1 aromatic heterocycles. The lowest BCUT2D eigenvalue weighted by Gasteiger charge is -2.07. The Balaban J connectivity index is 2.13. The van der Waals surface area contributed by atoms with Crippen molar-refractivity contribution in [2.24, 2.45) is 0 Å². The minimum absolute atomic E-state index is 0.0734. The fraction of sp³-hybridized carbons (Fsp3) is 0.643. The molecule has 1 heterocycles. The van der Waals surface area contributed by atoms with Crippen molar-refractivity contribution in [2.45, 2.75) is 33.1 Å². The number of ether oxygens (including phenoxy) is 1. The normalized spacial score (nSPS) is 10.3. The first kappa shape index (κ1) is 16.4. The number of aryl methyl sites for hydroxylation is 2. The van der Waals surface area contributed by atoms with E-state index in [1.54, 1.807) is 7.11 Å². The van der Waals surface area contributed by atoms with Crippen LogP contribution in [0.5, 0.6) is 0 Å². The third-order valence-corrected chi connectivity index (χ3v) is 2.69. The van der Waals surface area contributed by atoms with E-state index in [4.69, 9.17) is 4.74 Å². The fourth-order valence-electron chi connectivity index (χ4n) is 1.79. The molecule has 0 aliphatic carbocycles. The van der Waals surface area contributed by atoms with Gasteiger partial charge < -0.3 is 15.4 Å². The van der Waals surface area contributed by atoms with E-state index in [0.29, 0.717) is 32.1 Å². The molecule has 2 N–H and O–H groups in total. The average molecular weight is 280 g/mol. The maximum atomic E-state index is 11.5.